The fourth-order valence-electron chi connectivity index (χ4n) is 5.51. The molecule has 5 aromatic carbocycles. The molecule has 0 aromatic heterocycles. The molecule has 0 heterocycles. The predicted octanol–water partition coefficient (Wildman–Crippen LogP) is 10.8. The molecule has 0 aliphatic carbocycles. The van der Waals surface area contributed by atoms with Gasteiger partial charge in [0.25, 0.3) is 0 Å². The Balaban J connectivity index is 1.28. The molecule has 0 fully saturated rings. The second kappa shape index (κ2) is 12.8. The van der Waals surface area contributed by atoms with Gasteiger partial charge in [-0.25, -0.2) is 4.39 Å². The first-order chi connectivity index (χ1) is 20.2. The molecule has 0 spiro atoms. The zero-order valence-electron chi connectivity index (χ0n) is 25.7. The number of unbranched alkanes of at least 4 members (excludes halogenated alkanes) is 1. The van der Waals surface area contributed by atoms with Gasteiger partial charge < -0.3 is 0 Å². The molecule has 0 aliphatic rings. The second-order valence-electron chi connectivity index (χ2n) is 12.6. The standard InChI is InChI=1S/C41H41F/c1-6-7-8-30-9-11-31(12-10-30)13-14-33-17-21-37-28-36(23-22-35(37)27-33)34-19-15-32(16-20-34)18-24-38-39(41(3,4)5)25-29(2)26-40(38)42/h9-12,15-17,19-23,25-28H,6-8,13-14H2,1-5H3. The maximum atomic E-state index is 14.8. The van der Waals surface area contributed by atoms with E-state index >= 15 is 0 Å². The lowest BCUT2D eigenvalue weighted by Gasteiger charge is -2.22. The van der Waals surface area contributed by atoms with Crippen molar-refractivity contribution in [1.29, 1.82) is 0 Å². The third-order valence-electron chi connectivity index (χ3n) is 8.04. The maximum Gasteiger partial charge on any atom is 0.139 e. The van der Waals surface area contributed by atoms with Gasteiger partial charge in [0.15, 0.2) is 0 Å². The van der Waals surface area contributed by atoms with E-state index in [2.05, 4.69) is 112 Å². The van der Waals surface area contributed by atoms with Gasteiger partial charge in [-0.3, -0.25) is 0 Å². The van der Waals surface area contributed by atoms with Gasteiger partial charge in [0.1, 0.15) is 5.82 Å². The lowest BCUT2D eigenvalue weighted by molar-refractivity contribution is 0.567. The van der Waals surface area contributed by atoms with Crippen molar-refractivity contribution in [1.82, 2.24) is 0 Å². The highest BCUT2D eigenvalue weighted by atomic mass is 19.1. The van der Waals surface area contributed by atoms with Gasteiger partial charge in [0.2, 0.25) is 0 Å². The molecule has 0 bridgehead atoms. The summed E-state index contributed by atoms with van der Waals surface area (Å²) in [7, 11) is 0. The number of hydrogen-bond acceptors (Lipinski definition) is 0. The van der Waals surface area contributed by atoms with E-state index in [-0.39, 0.29) is 11.2 Å². The van der Waals surface area contributed by atoms with E-state index < -0.39 is 0 Å². The van der Waals surface area contributed by atoms with Crippen LogP contribution in [-0.4, -0.2) is 0 Å². The number of aryl methyl sites for hydroxylation is 4. The minimum absolute atomic E-state index is 0.183. The van der Waals surface area contributed by atoms with Gasteiger partial charge in [0.05, 0.1) is 5.56 Å². The van der Waals surface area contributed by atoms with Crippen LogP contribution in [0.5, 0.6) is 0 Å². The van der Waals surface area contributed by atoms with Crippen LogP contribution >= 0.6 is 0 Å². The van der Waals surface area contributed by atoms with Crippen molar-refractivity contribution in [3.05, 3.63) is 142 Å². The summed E-state index contributed by atoms with van der Waals surface area (Å²) in [5.74, 6) is 6.07. The van der Waals surface area contributed by atoms with Crippen molar-refractivity contribution in [2.45, 2.75) is 72.1 Å². The van der Waals surface area contributed by atoms with Crippen molar-refractivity contribution in [3.63, 3.8) is 0 Å². The Bertz CT molecular complexity index is 1740. The molecule has 0 saturated heterocycles. The fraction of sp³-hybridized carbons (Fsp3) is 0.268. The van der Waals surface area contributed by atoms with E-state index in [0.717, 1.165) is 35.1 Å². The van der Waals surface area contributed by atoms with Crippen LogP contribution in [0.25, 0.3) is 21.9 Å². The Kier molecular flexibility index (Phi) is 8.94. The summed E-state index contributed by atoms with van der Waals surface area (Å²) in [4.78, 5) is 0. The summed E-state index contributed by atoms with van der Waals surface area (Å²) in [5, 5.41) is 2.51. The predicted molar refractivity (Wildman–Crippen MR) is 178 cm³/mol. The zero-order valence-corrected chi connectivity index (χ0v) is 25.7. The Labute approximate surface area is 251 Å². The Hall–Kier alpha value is -4.15. The number of rotatable bonds is 7. The molecule has 5 aromatic rings. The van der Waals surface area contributed by atoms with Crippen LogP contribution in [0.2, 0.25) is 0 Å². The van der Waals surface area contributed by atoms with Gasteiger partial charge in [-0.1, -0.05) is 119 Å². The maximum absolute atomic E-state index is 14.8. The molecular weight excluding hydrogens is 511 g/mol. The molecular formula is C41H41F. The van der Waals surface area contributed by atoms with Gasteiger partial charge in [-0.15, -0.1) is 0 Å². The minimum Gasteiger partial charge on any atom is -0.206 e. The van der Waals surface area contributed by atoms with Crippen molar-refractivity contribution in [2.24, 2.45) is 0 Å². The second-order valence-corrected chi connectivity index (χ2v) is 12.6. The lowest BCUT2D eigenvalue weighted by Crippen LogP contribution is -2.14. The topological polar surface area (TPSA) is 0 Å². The van der Waals surface area contributed by atoms with E-state index in [4.69, 9.17) is 0 Å². The molecule has 0 aliphatic heterocycles. The summed E-state index contributed by atoms with van der Waals surface area (Å²) in [6, 6.07) is 34.5. The molecule has 0 N–H and O–H groups in total. The highest BCUT2D eigenvalue weighted by molar-refractivity contribution is 5.88. The monoisotopic (exact) mass is 552 g/mol. The quantitative estimate of drug-likeness (QED) is 0.176. The Morgan fingerprint density at radius 1 is 0.619 bits per heavy atom. The van der Waals surface area contributed by atoms with E-state index in [9.17, 15) is 4.39 Å². The number of hydrogen-bond donors (Lipinski definition) is 0. The summed E-state index contributed by atoms with van der Waals surface area (Å²) >= 11 is 0. The SMILES string of the molecule is CCCCc1ccc(CCc2ccc3cc(-c4ccc(C#Cc5c(F)cc(C)cc5C(C)(C)C)cc4)ccc3c2)cc1. The first kappa shape index (κ1) is 29.3. The molecule has 0 saturated carbocycles. The van der Waals surface area contributed by atoms with Crippen molar-refractivity contribution in [3.8, 4) is 23.0 Å². The highest BCUT2D eigenvalue weighted by Crippen LogP contribution is 2.29. The first-order valence-electron chi connectivity index (χ1n) is 15.2. The van der Waals surface area contributed by atoms with Crippen molar-refractivity contribution < 1.29 is 4.39 Å². The highest BCUT2D eigenvalue weighted by Gasteiger charge is 2.20. The summed E-state index contributed by atoms with van der Waals surface area (Å²) in [6.45, 7) is 10.5. The van der Waals surface area contributed by atoms with Crippen LogP contribution in [0.4, 0.5) is 4.39 Å². The first-order valence-corrected chi connectivity index (χ1v) is 15.2. The lowest BCUT2D eigenvalue weighted by atomic mass is 9.82. The van der Waals surface area contributed by atoms with Crippen molar-refractivity contribution >= 4 is 10.8 Å². The van der Waals surface area contributed by atoms with Crippen LogP contribution in [-0.2, 0) is 24.7 Å². The summed E-state index contributed by atoms with van der Waals surface area (Å²) in [6.07, 6.45) is 5.77. The Morgan fingerprint density at radius 3 is 1.90 bits per heavy atom. The molecule has 42 heavy (non-hydrogen) atoms. The van der Waals surface area contributed by atoms with Crippen LogP contribution in [0, 0.1) is 24.6 Å². The fourth-order valence-corrected chi connectivity index (χ4v) is 5.51. The molecule has 0 amide bonds. The summed E-state index contributed by atoms with van der Waals surface area (Å²) < 4.78 is 14.8. The Morgan fingerprint density at radius 2 is 1.21 bits per heavy atom. The largest absolute Gasteiger partial charge is 0.206 e. The number of benzene rings is 5. The number of halogens is 1. The van der Waals surface area contributed by atoms with E-state index in [1.54, 1.807) is 6.07 Å². The third kappa shape index (κ3) is 7.18. The van der Waals surface area contributed by atoms with Gasteiger partial charge in [-0.05, 0) is 112 Å². The third-order valence-corrected chi connectivity index (χ3v) is 8.04. The molecule has 0 radical (unpaired) electrons. The van der Waals surface area contributed by atoms with Gasteiger partial charge >= 0.3 is 0 Å². The van der Waals surface area contributed by atoms with Gasteiger partial charge in [0, 0.05) is 5.56 Å². The molecule has 0 atom stereocenters. The van der Waals surface area contributed by atoms with E-state index in [1.807, 2.05) is 25.1 Å². The number of fused-ring (bicyclic) bond motifs is 1. The van der Waals surface area contributed by atoms with Crippen LogP contribution < -0.4 is 0 Å². The average Bonchev–Trinajstić information content (AvgIpc) is 2.98. The summed E-state index contributed by atoms with van der Waals surface area (Å²) in [5.41, 5.74) is 9.58. The zero-order chi connectivity index (χ0) is 29.7. The molecule has 5 rings (SSSR count). The average molecular weight is 553 g/mol. The molecule has 0 unspecified atom stereocenters. The molecule has 212 valence electrons. The molecule has 0 nitrogen and oxygen atoms in total. The smallest absolute Gasteiger partial charge is 0.139 e. The van der Waals surface area contributed by atoms with E-state index in [1.165, 1.54) is 52.3 Å². The molecule has 1 heteroatoms. The minimum atomic E-state index is -0.250. The van der Waals surface area contributed by atoms with Crippen LogP contribution in [0.15, 0.2) is 97.1 Å². The van der Waals surface area contributed by atoms with Gasteiger partial charge in [-0.2, -0.15) is 0 Å². The van der Waals surface area contributed by atoms with E-state index in [0.29, 0.717) is 5.56 Å². The normalized spacial score (nSPS) is 11.4. The van der Waals surface area contributed by atoms with Crippen molar-refractivity contribution in [2.75, 3.05) is 0 Å². The van der Waals surface area contributed by atoms with Crippen LogP contribution in [0.1, 0.15) is 79.5 Å². The van der Waals surface area contributed by atoms with Crippen LogP contribution in [0.3, 0.4) is 0 Å².